The monoisotopic (exact) mass is 347 g/mol. The molecule has 8 heteroatoms. The first-order valence-electron chi connectivity index (χ1n) is 7.02. The fourth-order valence-corrected chi connectivity index (χ4v) is 2.76. The Morgan fingerprint density at radius 3 is 2.96 bits per heavy atom. The Morgan fingerprint density at radius 2 is 2.25 bits per heavy atom. The summed E-state index contributed by atoms with van der Waals surface area (Å²) in [5.41, 5.74) is 0.146. The van der Waals surface area contributed by atoms with Crippen LogP contribution in [0.4, 0.5) is 5.69 Å². The molecule has 0 saturated carbocycles. The lowest BCUT2D eigenvalue weighted by atomic mass is 10.3. The molecule has 0 spiro atoms. The highest BCUT2D eigenvalue weighted by Crippen LogP contribution is 2.24. The third-order valence-corrected chi connectivity index (χ3v) is 3.96. The van der Waals surface area contributed by atoms with Crippen LogP contribution in [-0.4, -0.2) is 33.4 Å². The molecule has 0 aliphatic carbocycles. The van der Waals surface area contributed by atoms with Gasteiger partial charge in [-0.2, -0.15) is 4.98 Å². The second-order valence-electron chi connectivity index (χ2n) is 4.67. The second kappa shape index (κ2) is 8.21. The van der Waals surface area contributed by atoms with Crippen molar-refractivity contribution >= 4 is 23.4 Å². The molecule has 24 heavy (non-hydrogen) atoms. The molecule has 2 N–H and O–H groups in total. The van der Waals surface area contributed by atoms with E-state index >= 15 is 0 Å². The minimum atomic E-state index is -0.407. The number of methoxy groups -OCH3 is 1. The third-order valence-electron chi connectivity index (χ3n) is 2.98. The number of allylic oxidation sites excluding steroid dienone is 1. The molecule has 2 rings (SSSR count). The van der Waals surface area contributed by atoms with E-state index in [0.717, 1.165) is 17.8 Å². The van der Waals surface area contributed by atoms with Crippen molar-refractivity contribution in [3.05, 3.63) is 53.3 Å². The van der Waals surface area contributed by atoms with Gasteiger partial charge in [0.25, 0.3) is 5.56 Å². The van der Waals surface area contributed by atoms with Crippen molar-refractivity contribution in [2.75, 3.05) is 18.2 Å². The summed E-state index contributed by atoms with van der Waals surface area (Å²) in [5, 5.41) is 12.4. The molecule has 0 saturated heterocycles. The number of hydrogen-bond donors (Lipinski definition) is 2. The van der Waals surface area contributed by atoms with Crippen molar-refractivity contribution in [1.29, 1.82) is 0 Å². The third kappa shape index (κ3) is 4.39. The highest BCUT2D eigenvalue weighted by atomic mass is 32.2. The van der Waals surface area contributed by atoms with Crippen LogP contribution in [-0.2, 0) is 11.3 Å². The molecule has 0 bridgehead atoms. The van der Waals surface area contributed by atoms with Crippen molar-refractivity contribution in [2.24, 2.45) is 0 Å². The predicted octanol–water partition coefficient (Wildman–Crippen LogP) is 1.87. The number of amides is 1. The summed E-state index contributed by atoms with van der Waals surface area (Å²) in [6.45, 7) is 3.82. The van der Waals surface area contributed by atoms with Gasteiger partial charge in [-0.15, -0.1) is 6.58 Å². The summed E-state index contributed by atoms with van der Waals surface area (Å²) < 4.78 is 6.50. The molecule has 1 aromatic carbocycles. The van der Waals surface area contributed by atoms with Crippen molar-refractivity contribution < 1.29 is 14.6 Å². The fourth-order valence-electron chi connectivity index (χ4n) is 1.94. The summed E-state index contributed by atoms with van der Waals surface area (Å²) >= 11 is 1.05. The van der Waals surface area contributed by atoms with Gasteiger partial charge in [-0.3, -0.25) is 14.2 Å². The summed E-state index contributed by atoms with van der Waals surface area (Å²) in [7, 11) is 1.52. The minimum Gasteiger partial charge on any atom is -0.495 e. The van der Waals surface area contributed by atoms with Gasteiger partial charge < -0.3 is 15.2 Å². The Labute approximate surface area is 143 Å². The van der Waals surface area contributed by atoms with Crippen LogP contribution in [0.2, 0.25) is 0 Å². The highest BCUT2D eigenvalue weighted by Gasteiger charge is 2.12. The first kappa shape index (κ1) is 17.6. The van der Waals surface area contributed by atoms with E-state index in [2.05, 4.69) is 16.9 Å². The first-order chi connectivity index (χ1) is 11.5. The fraction of sp³-hybridized carbons (Fsp3) is 0.188. The van der Waals surface area contributed by atoms with Crippen molar-refractivity contribution in [2.45, 2.75) is 11.7 Å². The largest absolute Gasteiger partial charge is 0.495 e. The number of nitrogens with zero attached hydrogens (tertiary/aromatic N) is 2. The topological polar surface area (TPSA) is 93.5 Å². The Morgan fingerprint density at radius 1 is 1.50 bits per heavy atom. The number of aromatic hydroxyl groups is 1. The van der Waals surface area contributed by atoms with Gasteiger partial charge in [-0.25, -0.2) is 0 Å². The highest BCUT2D eigenvalue weighted by molar-refractivity contribution is 7.99. The summed E-state index contributed by atoms with van der Waals surface area (Å²) in [4.78, 5) is 27.9. The Balaban J connectivity index is 2.09. The average Bonchev–Trinajstić information content (AvgIpc) is 2.56. The van der Waals surface area contributed by atoms with Crippen molar-refractivity contribution in [1.82, 2.24) is 9.55 Å². The summed E-state index contributed by atoms with van der Waals surface area (Å²) in [6.07, 6.45) is 1.54. The Bertz CT molecular complexity index is 804. The molecule has 0 atom stereocenters. The van der Waals surface area contributed by atoms with Crippen LogP contribution in [0, 0.1) is 0 Å². The van der Waals surface area contributed by atoms with E-state index in [9.17, 15) is 14.7 Å². The molecule has 2 aromatic rings. The molecule has 126 valence electrons. The van der Waals surface area contributed by atoms with Crippen LogP contribution in [0.25, 0.3) is 0 Å². The van der Waals surface area contributed by atoms with Crippen LogP contribution in [0.3, 0.4) is 0 Å². The van der Waals surface area contributed by atoms with Gasteiger partial charge in [0.15, 0.2) is 5.16 Å². The molecule has 1 heterocycles. The number of carbonyl (C=O) groups is 1. The lowest BCUT2D eigenvalue weighted by molar-refractivity contribution is -0.113. The number of benzene rings is 1. The van der Waals surface area contributed by atoms with E-state index in [1.54, 1.807) is 30.3 Å². The number of para-hydroxylation sites is 2. The van der Waals surface area contributed by atoms with Gasteiger partial charge in [-0.05, 0) is 12.1 Å². The second-order valence-corrected chi connectivity index (χ2v) is 5.61. The number of rotatable bonds is 7. The lowest BCUT2D eigenvalue weighted by Crippen LogP contribution is -2.22. The molecule has 0 unspecified atom stereocenters. The number of carbonyl (C=O) groups excluding carboxylic acids is 1. The van der Waals surface area contributed by atoms with Crippen LogP contribution in [0.15, 0.2) is 52.9 Å². The van der Waals surface area contributed by atoms with E-state index < -0.39 is 5.56 Å². The molecule has 0 radical (unpaired) electrons. The van der Waals surface area contributed by atoms with E-state index in [4.69, 9.17) is 4.74 Å². The molecule has 0 fully saturated rings. The Hall–Kier alpha value is -2.74. The predicted molar refractivity (Wildman–Crippen MR) is 92.7 cm³/mol. The zero-order chi connectivity index (χ0) is 17.5. The smallest absolute Gasteiger partial charge is 0.258 e. The summed E-state index contributed by atoms with van der Waals surface area (Å²) in [6, 6.07) is 8.06. The molecule has 0 aliphatic rings. The summed E-state index contributed by atoms with van der Waals surface area (Å²) in [5.74, 6) is -0.0967. The van der Waals surface area contributed by atoms with Gasteiger partial charge in [0.2, 0.25) is 11.8 Å². The van der Waals surface area contributed by atoms with Crippen molar-refractivity contribution in [3.8, 4) is 11.6 Å². The quantitative estimate of drug-likeness (QED) is 0.451. The van der Waals surface area contributed by atoms with E-state index in [1.807, 2.05) is 0 Å². The lowest BCUT2D eigenvalue weighted by Gasteiger charge is -2.11. The standard InChI is InChI=1S/C16H17N3O4S/c1-3-8-19-15(22)9-13(20)18-16(19)24-10-14(21)17-11-6-4-5-7-12(11)23-2/h3-7,9,20H,1,8,10H2,2H3,(H,17,21). The maximum Gasteiger partial charge on any atom is 0.258 e. The molecule has 7 nitrogen and oxygen atoms in total. The van der Waals surface area contributed by atoms with E-state index in [-0.39, 0.29) is 29.2 Å². The van der Waals surface area contributed by atoms with E-state index in [1.165, 1.54) is 11.7 Å². The van der Waals surface area contributed by atoms with Crippen LogP contribution >= 0.6 is 11.8 Å². The maximum absolute atomic E-state index is 12.1. The van der Waals surface area contributed by atoms with Crippen LogP contribution in [0.5, 0.6) is 11.6 Å². The van der Waals surface area contributed by atoms with Gasteiger partial charge in [0.05, 0.1) is 24.6 Å². The molecular formula is C16H17N3O4S. The van der Waals surface area contributed by atoms with Gasteiger partial charge in [0, 0.05) is 6.54 Å². The Kier molecular flexibility index (Phi) is 6.02. The number of anilines is 1. The number of hydrogen-bond acceptors (Lipinski definition) is 6. The molecule has 0 aliphatic heterocycles. The van der Waals surface area contributed by atoms with Crippen LogP contribution in [0.1, 0.15) is 0 Å². The minimum absolute atomic E-state index is 0.0189. The zero-order valence-corrected chi connectivity index (χ0v) is 13.9. The number of ether oxygens (including phenoxy) is 1. The first-order valence-corrected chi connectivity index (χ1v) is 8.01. The average molecular weight is 347 g/mol. The molecule has 1 amide bonds. The van der Waals surface area contributed by atoms with Gasteiger partial charge in [-0.1, -0.05) is 30.0 Å². The number of thioether (sulfide) groups is 1. The van der Waals surface area contributed by atoms with Crippen LogP contribution < -0.4 is 15.6 Å². The molecular weight excluding hydrogens is 330 g/mol. The maximum atomic E-state index is 12.1. The van der Waals surface area contributed by atoms with Crippen molar-refractivity contribution in [3.63, 3.8) is 0 Å². The van der Waals surface area contributed by atoms with E-state index in [0.29, 0.717) is 11.4 Å². The number of nitrogens with one attached hydrogen (secondary N) is 1. The van der Waals surface area contributed by atoms with Gasteiger partial charge in [0.1, 0.15) is 5.75 Å². The number of aromatic nitrogens is 2. The van der Waals surface area contributed by atoms with Gasteiger partial charge >= 0.3 is 0 Å². The normalized spacial score (nSPS) is 10.2. The zero-order valence-electron chi connectivity index (χ0n) is 13.1. The molecule has 1 aromatic heterocycles. The SMILES string of the molecule is C=CCn1c(SCC(=O)Nc2ccccc2OC)nc(O)cc1=O.